The Labute approximate surface area is 113 Å². The molecule has 0 saturated carbocycles. The summed E-state index contributed by atoms with van der Waals surface area (Å²) >= 11 is 6.15. The van der Waals surface area contributed by atoms with Crippen molar-refractivity contribution in [3.8, 4) is 11.5 Å². The number of rotatable bonds is 5. The van der Waals surface area contributed by atoms with Crippen LogP contribution in [0.5, 0.6) is 11.5 Å². The third kappa shape index (κ3) is 2.73. The summed E-state index contributed by atoms with van der Waals surface area (Å²) in [6.07, 6.45) is 1.62. The van der Waals surface area contributed by atoms with Gasteiger partial charge in [-0.15, -0.1) is 0 Å². The zero-order valence-electron chi connectivity index (χ0n) is 11.2. The quantitative estimate of drug-likeness (QED) is 0.769. The second-order valence-corrected chi connectivity index (χ2v) is 5.19. The van der Waals surface area contributed by atoms with Crippen LogP contribution in [0.15, 0.2) is 12.1 Å². The molecule has 1 aliphatic heterocycles. The van der Waals surface area contributed by atoms with E-state index in [1.165, 1.54) is 0 Å². The van der Waals surface area contributed by atoms with E-state index >= 15 is 0 Å². The van der Waals surface area contributed by atoms with Gasteiger partial charge >= 0.3 is 0 Å². The predicted molar refractivity (Wildman–Crippen MR) is 71.8 cm³/mol. The summed E-state index contributed by atoms with van der Waals surface area (Å²) in [7, 11) is 3.26. The first-order chi connectivity index (χ1) is 8.56. The van der Waals surface area contributed by atoms with Gasteiger partial charge in [-0.1, -0.05) is 18.5 Å². The van der Waals surface area contributed by atoms with E-state index in [1.54, 1.807) is 14.2 Å². The van der Waals surface area contributed by atoms with Crippen molar-refractivity contribution in [1.82, 2.24) is 0 Å². The van der Waals surface area contributed by atoms with Gasteiger partial charge in [-0.3, -0.25) is 0 Å². The minimum absolute atomic E-state index is 0.357. The highest BCUT2D eigenvalue weighted by atomic mass is 35.5. The van der Waals surface area contributed by atoms with Gasteiger partial charge in [0.25, 0.3) is 0 Å². The van der Waals surface area contributed by atoms with Crippen molar-refractivity contribution in [1.29, 1.82) is 0 Å². The van der Waals surface area contributed by atoms with E-state index in [4.69, 9.17) is 25.8 Å². The number of epoxide rings is 1. The maximum absolute atomic E-state index is 6.15. The van der Waals surface area contributed by atoms with Crippen molar-refractivity contribution < 1.29 is 14.2 Å². The Bertz CT molecular complexity index is 433. The highest BCUT2D eigenvalue weighted by Gasteiger charge is 2.39. The number of hydrogen-bond acceptors (Lipinski definition) is 3. The molecule has 0 amide bonds. The van der Waals surface area contributed by atoms with E-state index in [-0.39, 0.29) is 0 Å². The van der Waals surface area contributed by atoms with Gasteiger partial charge in [0.2, 0.25) is 0 Å². The third-order valence-corrected chi connectivity index (χ3v) is 3.71. The predicted octanol–water partition coefficient (Wildman–Crippen LogP) is 3.32. The second kappa shape index (κ2) is 5.37. The molecule has 1 fully saturated rings. The Morgan fingerprint density at radius 1 is 1.28 bits per heavy atom. The van der Waals surface area contributed by atoms with Crippen molar-refractivity contribution >= 4 is 11.6 Å². The summed E-state index contributed by atoms with van der Waals surface area (Å²) in [6.45, 7) is 4.28. The molecule has 0 N–H and O–H groups in total. The van der Waals surface area contributed by atoms with E-state index in [9.17, 15) is 0 Å². The number of halogens is 1. The van der Waals surface area contributed by atoms with Crippen LogP contribution in [-0.2, 0) is 11.2 Å². The Morgan fingerprint density at radius 3 is 2.39 bits per heavy atom. The van der Waals surface area contributed by atoms with E-state index in [2.05, 4.69) is 13.8 Å². The lowest BCUT2D eigenvalue weighted by Crippen LogP contribution is -2.10. The largest absolute Gasteiger partial charge is 0.496 e. The van der Waals surface area contributed by atoms with Gasteiger partial charge in [0.05, 0.1) is 31.5 Å². The fraction of sp³-hybridized carbons (Fsp3) is 0.571. The normalized spacial score (nSPS) is 23.6. The molecule has 4 heteroatoms. The van der Waals surface area contributed by atoms with Gasteiger partial charge in [0.15, 0.2) is 0 Å². The Balaban J connectivity index is 2.18. The minimum Gasteiger partial charge on any atom is -0.496 e. The fourth-order valence-corrected chi connectivity index (χ4v) is 2.61. The van der Waals surface area contributed by atoms with E-state index in [1.807, 2.05) is 12.1 Å². The van der Waals surface area contributed by atoms with Crippen molar-refractivity contribution in [2.75, 3.05) is 14.2 Å². The first kappa shape index (κ1) is 13.5. The summed E-state index contributed by atoms with van der Waals surface area (Å²) in [5.41, 5.74) is 1.10. The van der Waals surface area contributed by atoms with Crippen LogP contribution >= 0.6 is 11.6 Å². The topological polar surface area (TPSA) is 31.0 Å². The van der Waals surface area contributed by atoms with E-state index in [0.29, 0.717) is 28.9 Å². The third-order valence-electron chi connectivity index (χ3n) is 3.42. The van der Waals surface area contributed by atoms with Crippen LogP contribution in [0.1, 0.15) is 19.4 Å². The maximum atomic E-state index is 6.15. The average molecular weight is 271 g/mol. The van der Waals surface area contributed by atoms with Crippen molar-refractivity contribution in [2.24, 2.45) is 5.92 Å². The Hall–Kier alpha value is -0.930. The summed E-state index contributed by atoms with van der Waals surface area (Å²) in [5, 5.41) is 0.616. The number of benzene rings is 1. The van der Waals surface area contributed by atoms with Crippen LogP contribution in [0.4, 0.5) is 0 Å². The van der Waals surface area contributed by atoms with Gasteiger partial charge in [0.1, 0.15) is 11.5 Å². The Kier molecular flexibility index (Phi) is 4.03. The van der Waals surface area contributed by atoms with Gasteiger partial charge in [-0.2, -0.15) is 0 Å². The van der Waals surface area contributed by atoms with Gasteiger partial charge < -0.3 is 14.2 Å². The van der Waals surface area contributed by atoms with Crippen molar-refractivity contribution in [3.63, 3.8) is 0 Å². The molecule has 0 aliphatic carbocycles. The smallest absolute Gasteiger partial charge is 0.141 e. The molecule has 0 aromatic heterocycles. The van der Waals surface area contributed by atoms with Crippen LogP contribution < -0.4 is 9.47 Å². The zero-order valence-corrected chi connectivity index (χ0v) is 12.0. The SMILES string of the molecule is COc1cc(OC)c(CC(C)C2OC2C)cc1Cl. The summed E-state index contributed by atoms with van der Waals surface area (Å²) in [4.78, 5) is 0. The molecule has 1 heterocycles. The van der Waals surface area contributed by atoms with Crippen LogP contribution in [0.25, 0.3) is 0 Å². The lowest BCUT2D eigenvalue weighted by Gasteiger charge is -2.14. The molecule has 2 rings (SSSR count). The molecule has 1 aliphatic rings. The van der Waals surface area contributed by atoms with Gasteiger partial charge in [0, 0.05) is 6.07 Å². The number of hydrogen-bond donors (Lipinski definition) is 0. The van der Waals surface area contributed by atoms with Crippen molar-refractivity contribution in [2.45, 2.75) is 32.5 Å². The molecule has 1 aromatic rings. The number of ether oxygens (including phenoxy) is 3. The van der Waals surface area contributed by atoms with Gasteiger partial charge in [-0.25, -0.2) is 0 Å². The standard InChI is InChI=1S/C14H19ClO3/c1-8(14-9(2)18-14)5-10-6-11(15)13(17-4)7-12(10)16-3/h6-9,14H,5H2,1-4H3. The first-order valence-electron chi connectivity index (χ1n) is 6.12. The minimum atomic E-state index is 0.357. The monoisotopic (exact) mass is 270 g/mol. The molecule has 18 heavy (non-hydrogen) atoms. The second-order valence-electron chi connectivity index (χ2n) is 4.79. The molecule has 3 unspecified atom stereocenters. The highest BCUT2D eigenvalue weighted by Crippen LogP contribution is 2.37. The molecule has 0 bridgehead atoms. The lowest BCUT2D eigenvalue weighted by molar-refractivity contribution is 0.325. The van der Waals surface area contributed by atoms with Crippen LogP contribution in [0.3, 0.4) is 0 Å². The molecule has 0 radical (unpaired) electrons. The van der Waals surface area contributed by atoms with Crippen molar-refractivity contribution in [3.05, 3.63) is 22.7 Å². The summed E-state index contributed by atoms with van der Waals surface area (Å²) in [6, 6.07) is 3.75. The first-order valence-corrected chi connectivity index (χ1v) is 6.50. The van der Waals surface area contributed by atoms with Gasteiger partial charge in [-0.05, 0) is 30.9 Å². The van der Waals surface area contributed by atoms with Crippen LogP contribution in [0.2, 0.25) is 5.02 Å². The molecular weight excluding hydrogens is 252 g/mol. The van der Waals surface area contributed by atoms with Crippen LogP contribution in [-0.4, -0.2) is 26.4 Å². The van der Waals surface area contributed by atoms with E-state index in [0.717, 1.165) is 17.7 Å². The van der Waals surface area contributed by atoms with E-state index < -0.39 is 0 Å². The lowest BCUT2D eigenvalue weighted by atomic mass is 9.96. The average Bonchev–Trinajstić information content (AvgIpc) is 3.07. The molecule has 100 valence electrons. The molecule has 3 nitrogen and oxygen atoms in total. The molecular formula is C14H19ClO3. The zero-order chi connectivity index (χ0) is 13.3. The number of methoxy groups -OCH3 is 2. The molecule has 3 atom stereocenters. The maximum Gasteiger partial charge on any atom is 0.141 e. The fourth-order valence-electron chi connectivity index (χ4n) is 2.34. The molecule has 0 spiro atoms. The molecule has 1 saturated heterocycles. The summed E-state index contributed by atoms with van der Waals surface area (Å²) < 4.78 is 16.1. The highest BCUT2D eigenvalue weighted by molar-refractivity contribution is 6.32. The van der Waals surface area contributed by atoms with Crippen LogP contribution in [0, 0.1) is 5.92 Å². The summed E-state index contributed by atoms with van der Waals surface area (Å²) in [5.74, 6) is 1.91. The Morgan fingerprint density at radius 2 is 1.89 bits per heavy atom. The molecule has 1 aromatic carbocycles.